The molecule has 0 saturated carbocycles. The highest BCUT2D eigenvalue weighted by Gasteiger charge is 2.24. The molecule has 4 rings (SSSR count). The summed E-state index contributed by atoms with van der Waals surface area (Å²) in [5.74, 6) is -2.28. The summed E-state index contributed by atoms with van der Waals surface area (Å²) in [7, 11) is 0. The summed E-state index contributed by atoms with van der Waals surface area (Å²) in [5, 5.41) is 10.9. The van der Waals surface area contributed by atoms with Crippen LogP contribution in [-0.4, -0.2) is 38.9 Å². The lowest BCUT2D eigenvalue weighted by Gasteiger charge is -2.09. The number of aliphatic imine (C=N–C) groups is 1. The topological polar surface area (TPSA) is 110 Å². The van der Waals surface area contributed by atoms with Crippen molar-refractivity contribution in [3.05, 3.63) is 112 Å². The molecule has 0 bridgehead atoms. The number of carbonyl (C=O) groups excluding carboxylic acids is 2. The number of benzene rings is 2. The maximum absolute atomic E-state index is 13.2. The van der Waals surface area contributed by atoms with E-state index in [1.54, 1.807) is 73.7 Å². The Morgan fingerprint density at radius 3 is 2.26 bits per heavy atom. The molecule has 0 amide bonds. The summed E-state index contributed by atoms with van der Waals surface area (Å²) in [6.07, 6.45) is 2.53. The third-order valence-corrected chi connectivity index (χ3v) is 5.07. The summed E-state index contributed by atoms with van der Waals surface area (Å²) in [4.78, 5) is 47.7. The van der Waals surface area contributed by atoms with Gasteiger partial charge in [0.15, 0.2) is 5.69 Å². The smallest absolute Gasteiger partial charge is 0.287 e. The lowest BCUT2D eigenvalue weighted by atomic mass is 9.99. The average Bonchev–Trinajstić information content (AvgIpc) is 2.90. The van der Waals surface area contributed by atoms with Crippen LogP contribution in [0.15, 0.2) is 100 Å². The number of hydrogen-bond donors (Lipinski definition) is 1. The summed E-state index contributed by atoms with van der Waals surface area (Å²) in [6.45, 7) is 1.96. The Balaban J connectivity index is 1.86. The van der Waals surface area contributed by atoms with E-state index in [2.05, 4.69) is 9.98 Å². The Hall–Kier alpha value is -4.85. The van der Waals surface area contributed by atoms with Gasteiger partial charge in [-0.2, -0.15) is 4.98 Å². The number of Topliss-reactive ketones (excluding diaryl/α,β-unsaturated/α-hetero) is 2. The molecule has 0 aliphatic carbocycles. The van der Waals surface area contributed by atoms with Crippen molar-refractivity contribution < 1.29 is 19.4 Å². The van der Waals surface area contributed by atoms with Crippen molar-refractivity contribution in [3.63, 3.8) is 0 Å². The predicted octanol–water partition coefficient (Wildman–Crippen LogP) is 4.22. The number of nitrogens with zero attached hydrogens (tertiary/aromatic N) is 3. The molecule has 0 spiro atoms. The molecule has 2 aromatic heterocycles. The average molecular weight is 467 g/mol. The van der Waals surface area contributed by atoms with E-state index >= 15 is 0 Å². The van der Waals surface area contributed by atoms with E-state index in [-0.39, 0.29) is 29.3 Å². The summed E-state index contributed by atoms with van der Waals surface area (Å²) in [6, 6.07) is 21.3. The Morgan fingerprint density at radius 2 is 1.60 bits per heavy atom. The van der Waals surface area contributed by atoms with Gasteiger partial charge in [-0.1, -0.05) is 66.7 Å². The van der Waals surface area contributed by atoms with Crippen LogP contribution in [0.3, 0.4) is 0 Å². The number of aliphatic hydroxyl groups is 1. The summed E-state index contributed by atoms with van der Waals surface area (Å²) >= 11 is 0. The number of hydrogen-bond acceptors (Lipinski definition) is 7. The van der Waals surface area contributed by atoms with Crippen LogP contribution >= 0.6 is 0 Å². The summed E-state index contributed by atoms with van der Waals surface area (Å²) < 4.78 is 6.80. The Kier molecular flexibility index (Phi) is 6.92. The number of allylic oxidation sites excluding steroid dienone is 1. The van der Waals surface area contributed by atoms with Gasteiger partial charge in [0.1, 0.15) is 11.4 Å². The SMILES string of the molecule is CCOc1nc2ccccn2c(=O)c1N=C/C(C(=O)C(=O)c1ccccc1)=C(\O)c1ccccc1. The first-order chi connectivity index (χ1) is 17.0. The number of aliphatic hydroxyl groups excluding tert-OH is 1. The quantitative estimate of drug-likeness (QED) is 0.137. The fourth-order valence-electron chi connectivity index (χ4n) is 3.36. The zero-order valence-electron chi connectivity index (χ0n) is 18.8. The van der Waals surface area contributed by atoms with Crippen molar-refractivity contribution in [2.45, 2.75) is 6.92 Å². The Bertz CT molecular complexity index is 1510. The monoisotopic (exact) mass is 467 g/mol. The van der Waals surface area contributed by atoms with Crippen LogP contribution in [0.4, 0.5) is 5.69 Å². The highest BCUT2D eigenvalue weighted by Crippen LogP contribution is 2.23. The van der Waals surface area contributed by atoms with E-state index < -0.39 is 22.9 Å². The molecule has 0 atom stereocenters. The minimum atomic E-state index is -0.979. The number of pyridine rings is 1. The first kappa shape index (κ1) is 23.3. The van der Waals surface area contributed by atoms with E-state index in [1.807, 2.05) is 0 Å². The third kappa shape index (κ3) is 4.91. The molecule has 4 aromatic rings. The van der Waals surface area contributed by atoms with Crippen molar-refractivity contribution in [2.24, 2.45) is 4.99 Å². The zero-order chi connectivity index (χ0) is 24.8. The van der Waals surface area contributed by atoms with E-state index in [0.29, 0.717) is 11.2 Å². The van der Waals surface area contributed by atoms with Crippen molar-refractivity contribution in [2.75, 3.05) is 6.61 Å². The van der Waals surface area contributed by atoms with E-state index in [9.17, 15) is 19.5 Å². The van der Waals surface area contributed by atoms with Gasteiger partial charge in [-0.25, -0.2) is 4.99 Å². The number of rotatable bonds is 8. The molecule has 35 heavy (non-hydrogen) atoms. The molecule has 8 nitrogen and oxygen atoms in total. The van der Waals surface area contributed by atoms with Gasteiger partial charge in [0.2, 0.25) is 17.4 Å². The number of aromatic nitrogens is 2. The van der Waals surface area contributed by atoms with Crippen LogP contribution in [0.5, 0.6) is 5.88 Å². The van der Waals surface area contributed by atoms with E-state index in [0.717, 1.165) is 6.21 Å². The van der Waals surface area contributed by atoms with E-state index in [4.69, 9.17) is 4.74 Å². The molecule has 174 valence electrons. The minimum Gasteiger partial charge on any atom is -0.506 e. The van der Waals surface area contributed by atoms with Crippen LogP contribution in [0.2, 0.25) is 0 Å². The third-order valence-electron chi connectivity index (χ3n) is 5.07. The van der Waals surface area contributed by atoms with Gasteiger partial charge in [-0.05, 0) is 19.1 Å². The maximum Gasteiger partial charge on any atom is 0.287 e. The van der Waals surface area contributed by atoms with E-state index in [1.165, 1.54) is 22.7 Å². The molecule has 1 N–H and O–H groups in total. The first-order valence-corrected chi connectivity index (χ1v) is 10.8. The number of ether oxygens (including phenoxy) is 1. The standard InChI is InChI=1S/C27H21N3O5/c1-2-35-26-22(27(34)30-16-10-9-15-21(30)29-26)28-17-20(23(31)18-11-5-3-6-12-18)25(33)24(32)19-13-7-4-8-14-19/h3-17,31H,2H2,1H3/b23-20+,28-17?. The van der Waals surface area contributed by atoms with Crippen LogP contribution in [-0.2, 0) is 4.79 Å². The molecular formula is C27H21N3O5. The van der Waals surface area contributed by atoms with Crippen LogP contribution < -0.4 is 10.3 Å². The van der Waals surface area contributed by atoms with Crippen LogP contribution in [0.1, 0.15) is 22.8 Å². The second kappa shape index (κ2) is 10.4. The molecular weight excluding hydrogens is 446 g/mol. The van der Waals surface area contributed by atoms with Gasteiger partial charge >= 0.3 is 0 Å². The molecule has 2 heterocycles. The van der Waals surface area contributed by atoms with Gasteiger partial charge < -0.3 is 9.84 Å². The second-order valence-electron chi connectivity index (χ2n) is 7.34. The zero-order valence-corrected chi connectivity index (χ0v) is 18.8. The molecule has 8 heteroatoms. The molecule has 0 radical (unpaired) electrons. The predicted molar refractivity (Wildman–Crippen MR) is 133 cm³/mol. The fraction of sp³-hybridized carbons (Fsp3) is 0.0741. The van der Waals surface area contributed by atoms with Gasteiger partial charge in [0.05, 0.1) is 12.2 Å². The molecule has 0 fully saturated rings. The highest BCUT2D eigenvalue weighted by atomic mass is 16.5. The normalized spacial score (nSPS) is 11.9. The number of carbonyl (C=O) groups is 2. The van der Waals surface area contributed by atoms with Crippen molar-refractivity contribution in [1.82, 2.24) is 9.38 Å². The Morgan fingerprint density at radius 1 is 0.971 bits per heavy atom. The Labute approximate surface area is 200 Å². The number of fused-ring (bicyclic) bond motifs is 1. The molecule has 0 aliphatic rings. The molecule has 0 unspecified atom stereocenters. The largest absolute Gasteiger partial charge is 0.506 e. The van der Waals surface area contributed by atoms with Crippen LogP contribution in [0.25, 0.3) is 11.4 Å². The summed E-state index contributed by atoms with van der Waals surface area (Å²) in [5.41, 5.74) is -0.249. The van der Waals surface area contributed by atoms with Gasteiger partial charge in [-0.15, -0.1) is 0 Å². The van der Waals surface area contributed by atoms with Crippen molar-refractivity contribution >= 4 is 34.9 Å². The number of ketones is 2. The lowest BCUT2D eigenvalue weighted by molar-refractivity contribution is -0.111. The van der Waals surface area contributed by atoms with Crippen molar-refractivity contribution in [3.8, 4) is 5.88 Å². The molecule has 2 aromatic carbocycles. The van der Waals surface area contributed by atoms with Crippen molar-refractivity contribution in [1.29, 1.82) is 0 Å². The molecule has 0 aliphatic heterocycles. The first-order valence-electron chi connectivity index (χ1n) is 10.8. The second-order valence-corrected chi connectivity index (χ2v) is 7.34. The molecule has 0 saturated heterocycles. The van der Waals surface area contributed by atoms with Crippen LogP contribution in [0, 0.1) is 0 Å². The van der Waals surface area contributed by atoms with Gasteiger partial charge in [0.25, 0.3) is 5.56 Å². The minimum absolute atomic E-state index is 0.0275. The highest BCUT2D eigenvalue weighted by molar-refractivity contribution is 6.54. The lowest BCUT2D eigenvalue weighted by Crippen LogP contribution is -2.20. The van der Waals surface area contributed by atoms with Gasteiger partial charge in [-0.3, -0.25) is 18.8 Å². The maximum atomic E-state index is 13.2. The van der Waals surface area contributed by atoms with Gasteiger partial charge in [0, 0.05) is 23.5 Å². The fourth-order valence-corrected chi connectivity index (χ4v) is 3.36.